The van der Waals surface area contributed by atoms with E-state index in [1.807, 2.05) is 19.1 Å². The van der Waals surface area contributed by atoms with Crippen molar-refractivity contribution in [2.45, 2.75) is 6.92 Å². The van der Waals surface area contributed by atoms with Crippen LogP contribution >= 0.6 is 11.3 Å². The summed E-state index contributed by atoms with van der Waals surface area (Å²) in [7, 11) is 1.77. The first-order valence-electron chi connectivity index (χ1n) is 5.33. The Labute approximate surface area is 104 Å². The van der Waals surface area contributed by atoms with Gasteiger partial charge in [-0.2, -0.15) is 0 Å². The van der Waals surface area contributed by atoms with Crippen LogP contribution in [-0.2, 0) is 0 Å². The predicted molar refractivity (Wildman–Crippen MR) is 68.0 cm³/mol. The van der Waals surface area contributed by atoms with E-state index in [1.165, 1.54) is 11.3 Å². The van der Waals surface area contributed by atoms with Gasteiger partial charge in [0.05, 0.1) is 0 Å². The van der Waals surface area contributed by atoms with E-state index < -0.39 is 0 Å². The molecule has 2 rings (SSSR count). The fourth-order valence-corrected chi connectivity index (χ4v) is 2.12. The maximum atomic E-state index is 11.9. The Kier molecular flexibility index (Phi) is 3.49. The first-order valence-corrected chi connectivity index (χ1v) is 6.21. The molecule has 5 heteroatoms. The van der Waals surface area contributed by atoms with Crippen molar-refractivity contribution in [3.8, 4) is 10.6 Å². The Bertz CT molecular complexity index is 509. The lowest BCUT2D eigenvalue weighted by Gasteiger charge is -2.11. The predicted octanol–water partition coefficient (Wildman–Crippen LogP) is 2.30. The summed E-state index contributed by atoms with van der Waals surface area (Å²) in [6, 6.07) is 3.79. The number of pyridine rings is 1. The SMILES string of the molecule is CCN(C)C(=O)c1csc(-c2cccnc2)n1. The van der Waals surface area contributed by atoms with Gasteiger partial charge < -0.3 is 4.90 Å². The molecular formula is C12H13N3OS. The van der Waals surface area contributed by atoms with Gasteiger partial charge in [-0.25, -0.2) is 4.98 Å². The second kappa shape index (κ2) is 5.05. The van der Waals surface area contributed by atoms with Gasteiger partial charge in [-0.05, 0) is 19.1 Å². The van der Waals surface area contributed by atoms with Gasteiger partial charge in [0.25, 0.3) is 5.91 Å². The topological polar surface area (TPSA) is 46.1 Å². The highest BCUT2D eigenvalue weighted by atomic mass is 32.1. The van der Waals surface area contributed by atoms with E-state index in [2.05, 4.69) is 9.97 Å². The molecule has 4 nitrogen and oxygen atoms in total. The number of aromatic nitrogens is 2. The average molecular weight is 247 g/mol. The van der Waals surface area contributed by atoms with Gasteiger partial charge in [0.2, 0.25) is 0 Å². The summed E-state index contributed by atoms with van der Waals surface area (Å²) in [6.45, 7) is 2.62. The largest absolute Gasteiger partial charge is 0.341 e. The van der Waals surface area contributed by atoms with Gasteiger partial charge in [0.15, 0.2) is 0 Å². The molecule has 0 spiro atoms. The lowest BCUT2D eigenvalue weighted by atomic mass is 10.3. The molecule has 0 N–H and O–H groups in total. The minimum atomic E-state index is -0.0427. The van der Waals surface area contributed by atoms with Gasteiger partial charge in [-0.15, -0.1) is 11.3 Å². The zero-order valence-corrected chi connectivity index (χ0v) is 10.6. The van der Waals surface area contributed by atoms with Crippen LogP contribution < -0.4 is 0 Å². The maximum Gasteiger partial charge on any atom is 0.273 e. The summed E-state index contributed by atoms with van der Waals surface area (Å²) < 4.78 is 0. The molecule has 2 aromatic rings. The molecule has 0 aromatic carbocycles. The van der Waals surface area contributed by atoms with Gasteiger partial charge >= 0.3 is 0 Å². The fourth-order valence-electron chi connectivity index (χ4n) is 1.33. The molecule has 0 saturated carbocycles. The van der Waals surface area contributed by atoms with Crippen LogP contribution in [0, 0.1) is 0 Å². The highest BCUT2D eigenvalue weighted by Gasteiger charge is 2.14. The first-order chi connectivity index (χ1) is 8.22. The highest BCUT2D eigenvalue weighted by molar-refractivity contribution is 7.13. The number of hydrogen-bond acceptors (Lipinski definition) is 4. The van der Waals surface area contributed by atoms with Crippen molar-refractivity contribution in [3.63, 3.8) is 0 Å². The van der Waals surface area contributed by atoms with Gasteiger partial charge in [0.1, 0.15) is 10.7 Å². The standard InChI is InChI=1S/C12H13N3OS/c1-3-15(2)12(16)10-8-17-11(14-10)9-5-4-6-13-7-9/h4-8H,3H2,1-2H3. The first kappa shape index (κ1) is 11.7. The van der Waals surface area contributed by atoms with Crippen molar-refractivity contribution >= 4 is 17.2 Å². The van der Waals surface area contributed by atoms with Crippen molar-refractivity contribution in [1.82, 2.24) is 14.9 Å². The van der Waals surface area contributed by atoms with Crippen LogP contribution in [0.3, 0.4) is 0 Å². The number of hydrogen-bond donors (Lipinski definition) is 0. The Morgan fingerprint density at radius 3 is 3.00 bits per heavy atom. The third kappa shape index (κ3) is 2.50. The van der Waals surface area contributed by atoms with E-state index >= 15 is 0 Å². The zero-order valence-electron chi connectivity index (χ0n) is 9.75. The van der Waals surface area contributed by atoms with Gasteiger partial charge in [-0.3, -0.25) is 9.78 Å². The van der Waals surface area contributed by atoms with Crippen molar-refractivity contribution in [2.75, 3.05) is 13.6 Å². The molecule has 0 atom stereocenters. The summed E-state index contributed by atoms with van der Waals surface area (Å²) >= 11 is 1.46. The van der Waals surface area contributed by atoms with E-state index in [4.69, 9.17) is 0 Å². The number of carbonyl (C=O) groups excluding carboxylic acids is 1. The summed E-state index contributed by atoms with van der Waals surface area (Å²) in [5, 5.41) is 2.61. The molecule has 17 heavy (non-hydrogen) atoms. The minimum absolute atomic E-state index is 0.0427. The number of carbonyl (C=O) groups is 1. The van der Waals surface area contributed by atoms with E-state index in [1.54, 1.807) is 29.7 Å². The van der Waals surface area contributed by atoms with Crippen LogP contribution in [0.25, 0.3) is 10.6 Å². The molecule has 1 amide bonds. The highest BCUT2D eigenvalue weighted by Crippen LogP contribution is 2.22. The smallest absolute Gasteiger partial charge is 0.273 e. The van der Waals surface area contributed by atoms with Gasteiger partial charge in [-0.1, -0.05) is 0 Å². The number of thiazole rings is 1. The summed E-state index contributed by atoms with van der Waals surface area (Å²) in [6.07, 6.45) is 3.46. The molecule has 0 bridgehead atoms. The number of amides is 1. The number of rotatable bonds is 3. The van der Waals surface area contributed by atoms with E-state index in [-0.39, 0.29) is 5.91 Å². The number of nitrogens with zero attached hydrogens (tertiary/aromatic N) is 3. The van der Waals surface area contributed by atoms with Gasteiger partial charge in [0, 0.05) is 36.9 Å². The van der Waals surface area contributed by atoms with E-state index in [0.717, 1.165) is 10.6 Å². The Morgan fingerprint density at radius 2 is 2.35 bits per heavy atom. The van der Waals surface area contributed by atoms with Crippen molar-refractivity contribution < 1.29 is 4.79 Å². The van der Waals surface area contributed by atoms with Crippen LogP contribution in [0.4, 0.5) is 0 Å². The summed E-state index contributed by atoms with van der Waals surface area (Å²) in [5.74, 6) is -0.0427. The third-order valence-corrected chi connectivity index (χ3v) is 3.34. The van der Waals surface area contributed by atoms with Crippen molar-refractivity contribution in [1.29, 1.82) is 0 Å². The molecule has 2 aromatic heterocycles. The minimum Gasteiger partial charge on any atom is -0.341 e. The lowest BCUT2D eigenvalue weighted by molar-refractivity contribution is 0.0797. The van der Waals surface area contributed by atoms with Crippen molar-refractivity contribution in [2.24, 2.45) is 0 Å². The molecule has 0 radical (unpaired) electrons. The van der Waals surface area contributed by atoms with Crippen LogP contribution in [0.1, 0.15) is 17.4 Å². The molecule has 0 aliphatic rings. The molecule has 0 fully saturated rings. The molecule has 0 aliphatic carbocycles. The lowest BCUT2D eigenvalue weighted by Crippen LogP contribution is -2.26. The molecule has 0 saturated heterocycles. The van der Waals surface area contributed by atoms with Crippen molar-refractivity contribution in [3.05, 3.63) is 35.6 Å². The molecule has 88 valence electrons. The van der Waals surface area contributed by atoms with Crippen LogP contribution in [0.15, 0.2) is 29.9 Å². The molecule has 2 heterocycles. The second-order valence-electron chi connectivity index (χ2n) is 3.60. The third-order valence-electron chi connectivity index (χ3n) is 2.45. The zero-order chi connectivity index (χ0) is 12.3. The normalized spacial score (nSPS) is 10.2. The Morgan fingerprint density at radius 1 is 1.53 bits per heavy atom. The van der Waals surface area contributed by atoms with E-state index in [0.29, 0.717) is 12.2 Å². The maximum absolute atomic E-state index is 11.9. The molecule has 0 unspecified atom stereocenters. The van der Waals surface area contributed by atoms with Crippen LogP contribution in [-0.4, -0.2) is 34.4 Å². The molecular weight excluding hydrogens is 234 g/mol. The quantitative estimate of drug-likeness (QED) is 0.836. The fraction of sp³-hybridized carbons (Fsp3) is 0.250. The van der Waals surface area contributed by atoms with Crippen LogP contribution in [0.2, 0.25) is 0 Å². The second-order valence-corrected chi connectivity index (χ2v) is 4.46. The Balaban J connectivity index is 2.25. The van der Waals surface area contributed by atoms with Crippen LogP contribution in [0.5, 0.6) is 0 Å². The molecule has 0 aliphatic heterocycles. The summed E-state index contributed by atoms with van der Waals surface area (Å²) in [5.41, 5.74) is 1.44. The Hall–Kier alpha value is -1.75. The van der Waals surface area contributed by atoms with E-state index in [9.17, 15) is 4.79 Å². The monoisotopic (exact) mass is 247 g/mol. The summed E-state index contributed by atoms with van der Waals surface area (Å²) in [4.78, 5) is 21.9. The average Bonchev–Trinajstić information content (AvgIpc) is 2.87.